The van der Waals surface area contributed by atoms with E-state index in [-0.39, 0.29) is 0 Å². The van der Waals surface area contributed by atoms with Crippen molar-refractivity contribution < 1.29 is 9.47 Å². The van der Waals surface area contributed by atoms with Gasteiger partial charge in [0, 0.05) is 18.3 Å². The standard InChI is InChI=1S/C20H20N2O2/c1-15-10-17(13-21)12-20(22-15)24-19-9-5-6-16(11-19)14-23-18-7-3-2-4-8-18/h2-12H,13-14,21H2,1H3. The topological polar surface area (TPSA) is 57.4 Å². The van der Waals surface area contributed by atoms with E-state index >= 15 is 0 Å². The second kappa shape index (κ2) is 7.62. The number of para-hydroxylation sites is 1. The fraction of sp³-hybridized carbons (Fsp3) is 0.150. The maximum atomic E-state index is 5.87. The number of hydrogen-bond donors (Lipinski definition) is 1. The number of nitrogens with zero attached hydrogens (tertiary/aromatic N) is 1. The minimum atomic E-state index is 0.463. The molecule has 0 atom stereocenters. The molecule has 0 aliphatic heterocycles. The van der Waals surface area contributed by atoms with Gasteiger partial charge in [0.2, 0.25) is 5.88 Å². The average molecular weight is 320 g/mol. The summed E-state index contributed by atoms with van der Waals surface area (Å²) in [6.45, 7) is 2.87. The van der Waals surface area contributed by atoms with Crippen molar-refractivity contribution in [2.75, 3.05) is 0 Å². The molecular weight excluding hydrogens is 300 g/mol. The summed E-state index contributed by atoms with van der Waals surface area (Å²) in [6.07, 6.45) is 0. The van der Waals surface area contributed by atoms with Crippen molar-refractivity contribution in [3.8, 4) is 17.4 Å². The third-order valence-corrected chi connectivity index (χ3v) is 3.49. The van der Waals surface area contributed by atoms with Crippen molar-refractivity contribution in [1.82, 2.24) is 4.98 Å². The van der Waals surface area contributed by atoms with Crippen LogP contribution in [0.5, 0.6) is 17.4 Å². The largest absolute Gasteiger partial charge is 0.489 e. The first-order valence-corrected chi connectivity index (χ1v) is 7.85. The second-order valence-corrected chi connectivity index (χ2v) is 5.51. The number of nitrogens with two attached hydrogens (primary N) is 1. The Hall–Kier alpha value is -2.85. The Morgan fingerprint density at radius 2 is 1.67 bits per heavy atom. The Labute approximate surface area is 141 Å². The van der Waals surface area contributed by atoms with E-state index in [0.29, 0.717) is 19.0 Å². The molecule has 1 heterocycles. The van der Waals surface area contributed by atoms with E-state index < -0.39 is 0 Å². The molecule has 0 saturated heterocycles. The number of hydrogen-bond acceptors (Lipinski definition) is 4. The summed E-state index contributed by atoms with van der Waals surface area (Å²) in [6, 6.07) is 21.4. The number of rotatable bonds is 6. The van der Waals surface area contributed by atoms with E-state index in [2.05, 4.69) is 4.98 Å². The number of benzene rings is 2. The van der Waals surface area contributed by atoms with Crippen molar-refractivity contribution in [2.45, 2.75) is 20.1 Å². The molecule has 2 aromatic carbocycles. The molecule has 122 valence electrons. The van der Waals surface area contributed by atoms with Gasteiger partial charge in [-0.1, -0.05) is 30.3 Å². The van der Waals surface area contributed by atoms with Crippen molar-refractivity contribution >= 4 is 0 Å². The lowest BCUT2D eigenvalue weighted by molar-refractivity contribution is 0.305. The van der Waals surface area contributed by atoms with E-state index in [1.54, 1.807) is 0 Å². The number of pyridine rings is 1. The highest BCUT2D eigenvalue weighted by molar-refractivity contribution is 5.33. The molecule has 0 unspecified atom stereocenters. The van der Waals surface area contributed by atoms with Crippen molar-refractivity contribution in [3.05, 3.63) is 83.6 Å². The lowest BCUT2D eigenvalue weighted by Gasteiger charge is -2.10. The number of aromatic nitrogens is 1. The first-order chi connectivity index (χ1) is 11.7. The summed E-state index contributed by atoms with van der Waals surface area (Å²) in [7, 11) is 0. The molecule has 4 nitrogen and oxygen atoms in total. The van der Waals surface area contributed by atoms with Gasteiger partial charge in [0.15, 0.2) is 0 Å². The van der Waals surface area contributed by atoms with Crippen LogP contribution in [0.3, 0.4) is 0 Å². The quantitative estimate of drug-likeness (QED) is 0.739. The monoisotopic (exact) mass is 320 g/mol. The van der Waals surface area contributed by atoms with Gasteiger partial charge in [-0.2, -0.15) is 0 Å². The molecule has 2 N–H and O–H groups in total. The van der Waals surface area contributed by atoms with Crippen LogP contribution in [0.2, 0.25) is 0 Å². The Morgan fingerprint density at radius 1 is 0.875 bits per heavy atom. The zero-order valence-electron chi connectivity index (χ0n) is 13.6. The molecule has 0 bridgehead atoms. The third kappa shape index (κ3) is 4.33. The number of ether oxygens (including phenoxy) is 2. The lowest BCUT2D eigenvalue weighted by atomic mass is 10.2. The molecule has 0 spiro atoms. The van der Waals surface area contributed by atoms with Gasteiger partial charge in [-0.15, -0.1) is 0 Å². The maximum Gasteiger partial charge on any atom is 0.219 e. The summed E-state index contributed by atoms with van der Waals surface area (Å²) >= 11 is 0. The molecule has 4 heteroatoms. The third-order valence-electron chi connectivity index (χ3n) is 3.49. The van der Waals surface area contributed by atoms with Gasteiger partial charge < -0.3 is 15.2 Å². The van der Waals surface area contributed by atoms with Gasteiger partial charge in [0.25, 0.3) is 0 Å². The van der Waals surface area contributed by atoms with Gasteiger partial charge in [0.05, 0.1) is 0 Å². The SMILES string of the molecule is Cc1cc(CN)cc(Oc2cccc(COc3ccccc3)c2)n1. The van der Waals surface area contributed by atoms with Crippen molar-refractivity contribution in [2.24, 2.45) is 5.73 Å². The van der Waals surface area contributed by atoms with Crippen LogP contribution in [0.4, 0.5) is 0 Å². The molecule has 3 aromatic rings. The highest BCUT2D eigenvalue weighted by atomic mass is 16.5. The summed E-state index contributed by atoms with van der Waals surface area (Å²) < 4.78 is 11.6. The minimum absolute atomic E-state index is 0.463. The fourth-order valence-electron chi connectivity index (χ4n) is 2.38. The van der Waals surface area contributed by atoms with E-state index in [1.165, 1.54) is 0 Å². The van der Waals surface area contributed by atoms with Gasteiger partial charge in [-0.25, -0.2) is 4.98 Å². The van der Waals surface area contributed by atoms with Gasteiger partial charge in [-0.3, -0.25) is 0 Å². The van der Waals surface area contributed by atoms with E-state index in [9.17, 15) is 0 Å². The normalized spacial score (nSPS) is 10.4. The van der Waals surface area contributed by atoms with Crippen LogP contribution in [0.15, 0.2) is 66.7 Å². The van der Waals surface area contributed by atoms with Gasteiger partial charge in [-0.05, 0) is 48.4 Å². The molecule has 0 amide bonds. The molecular formula is C20H20N2O2. The zero-order chi connectivity index (χ0) is 16.8. The van der Waals surface area contributed by atoms with Crippen LogP contribution in [0.25, 0.3) is 0 Å². The summed E-state index contributed by atoms with van der Waals surface area (Å²) in [5.74, 6) is 2.12. The first kappa shape index (κ1) is 16.0. The molecule has 0 aliphatic rings. The molecule has 3 rings (SSSR count). The molecule has 0 radical (unpaired) electrons. The van der Waals surface area contributed by atoms with Crippen LogP contribution >= 0.6 is 0 Å². The molecule has 0 aliphatic carbocycles. The summed E-state index contributed by atoms with van der Waals surface area (Å²) in [5.41, 5.74) is 8.62. The van der Waals surface area contributed by atoms with Crippen LogP contribution in [0, 0.1) is 6.92 Å². The van der Waals surface area contributed by atoms with Crippen molar-refractivity contribution in [3.63, 3.8) is 0 Å². The van der Waals surface area contributed by atoms with E-state index in [0.717, 1.165) is 28.3 Å². The summed E-state index contributed by atoms with van der Waals surface area (Å²) in [5, 5.41) is 0. The molecule has 0 fully saturated rings. The predicted octanol–water partition coefficient (Wildman–Crippen LogP) is 4.22. The maximum absolute atomic E-state index is 5.87. The fourth-order valence-corrected chi connectivity index (χ4v) is 2.38. The molecule has 24 heavy (non-hydrogen) atoms. The first-order valence-electron chi connectivity index (χ1n) is 7.85. The Kier molecular flexibility index (Phi) is 5.08. The summed E-state index contributed by atoms with van der Waals surface area (Å²) in [4.78, 5) is 4.39. The second-order valence-electron chi connectivity index (χ2n) is 5.51. The highest BCUT2D eigenvalue weighted by Crippen LogP contribution is 2.23. The Balaban J connectivity index is 1.70. The Morgan fingerprint density at radius 3 is 2.46 bits per heavy atom. The predicted molar refractivity (Wildman–Crippen MR) is 94.2 cm³/mol. The Bertz CT molecular complexity index is 804. The van der Waals surface area contributed by atoms with Crippen LogP contribution in [-0.2, 0) is 13.2 Å². The zero-order valence-corrected chi connectivity index (χ0v) is 13.6. The lowest BCUT2D eigenvalue weighted by Crippen LogP contribution is -2.00. The molecule has 1 aromatic heterocycles. The van der Waals surface area contributed by atoms with Gasteiger partial charge in [0.1, 0.15) is 18.1 Å². The molecule has 0 saturated carbocycles. The smallest absolute Gasteiger partial charge is 0.219 e. The number of aryl methyl sites for hydroxylation is 1. The highest BCUT2D eigenvalue weighted by Gasteiger charge is 2.04. The average Bonchev–Trinajstić information content (AvgIpc) is 2.60. The van der Waals surface area contributed by atoms with Gasteiger partial charge >= 0.3 is 0 Å². The van der Waals surface area contributed by atoms with Crippen LogP contribution < -0.4 is 15.2 Å². The minimum Gasteiger partial charge on any atom is -0.489 e. The van der Waals surface area contributed by atoms with Crippen LogP contribution in [-0.4, -0.2) is 4.98 Å². The van der Waals surface area contributed by atoms with Crippen molar-refractivity contribution in [1.29, 1.82) is 0 Å². The van der Waals surface area contributed by atoms with E-state index in [1.807, 2.05) is 73.7 Å². The van der Waals surface area contributed by atoms with E-state index in [4.69, 9.17) is 15.2 Å². The van der Waals surface area contributed by atoms with Crippen LogP contribution in [0.1, 0.15) is 16.8 Å².